The summed E-state index contributed by atoms with van der Waals surface area (Å²) >= 11 is 0. The predicted molar refractivity (Wildman–Crippen MR) is 126 cm³/mol. The summed E-state index contributed by atoms with van der Waals surface area (Å²) in [5, 5.41) is 12.8. The van der Waals surface area contributed by atoms with Crippen LogP contribution in [0, 0.1) is 25.2 Å². The van der Waals surface area contributed by atoms with Crippen molar-refractivity contribution in [2.24, 2.45) is 0 Å². The predicted octanol–water partition coefficient (Wildman–Crippen LogP) is 2.52. The second-order valence-corrected chi connectivity index (χ2v) is 9.02. The first-order valence-electron chi connectivity index (χ1n) is 12.0. The molecule has 1 N–H and O–H groups in total. The van der Waals surface area contributed by atoms with Gasteiger partial charge in [-0.15, -0.1) is 0 Å². The molecule has 1 aromatic heterocycles. The normalized spacial score (nSPS) is 18.0. The van der Waals surface area contributed by atoms with Gasteiger partial charge < -0.3 is 14.8 Å². The molecule has 1 aliphatic heterocycles. The highest BCUT2D eigenvalue weighted by molar-refractivity contribution is 5.93. The molecular formula is C24H38N6O2. The number of carbonyl (C=O) groups is 2. The summed E-state index contributed by atoms with van der Waals surface area (Å²) in [5.74, 6) is 0.761. The molecule has 2 aliphatic rings. The quantitative estimate of drug-likeness (QED) is 0.669. The van der Waals surface area contributed by atoms with Crippen LogP contribution in [0.15, 0.2) is 0 Å². The average Bonchev–Trinajstić information content (AvgIpc) is 3.37. The Morgan fingerprint density at radius 3 is 2.12 bits per heavy atom. The molecule has 1 saturated carbocycles. The van der Waals surface area contributed by atoms with Crippen LogP contribution in [-0.2, 0) is 9.59 Å². The molecule has 2 amide bonds. The fourth-order valence-corrected chi connectivity index (χ4v) is 5.05. The van der Waals surface area contributed by atoms with Crippen LogP contribution in [0.3, 0.4) is 0 Å². The Hall–Kier alpha value is -2.37. The van der Waals surface area contributed by atoms with Gasteiger partial charge in [0.1, 0.15) is 11.9 Å². The summed E-state index contributed by atoms with van der Waals surface area (Å²) in [6.45, 7) is 13.3. The molecule has 1 aliphatic carbocycles. The Kier molecular flexibility index (Phi) is 8.32. The van der Waals surface area contributed by atoms with Crippen molar-refractivity contribution in [3.05, 3.63) is 16.8 Å². The van der Waals surface area contributed by atoms with Crippen LogP contribution < -0.4 is 5.32 Å². The van der Waals surface area contributed by atoms with Gasteiger partial charge in [-0.3, -0.25) is 19.4 Å². The Bertz CT molecular complexity index is 853. The summed E-state index contributed by atoms with van der Waals surface area (Å²) in [6.07, 6.45) is 4.57. The van der Waals surface area contributed by atoms with Gasteiger partial charge in [0.25, 0.3) is 0 Å². The second-order valence-electron chi connectivity index (χ2n) is 9.02. The number of hydrogen-bond acceptors (Lipinski definition) is 5. The van der Waals surface area contributed by atoms with Crippen LogP contribution in [0.5, 0.6) is 0 Å². The lowest BCUT2D eigenvalue weighted by Gasteiger charge is -2.34. The molecule has 0 aromatic carbocycles. The van der Waals surface area contributed by atoms with Crippen LogP contribution in [0.2, 0.25) is 0 Å². The zero-order chi connectivity index (χ0) is 23.3. The number of hydrogen-bond donors (Lipinski definition) is 1. The van der Waals surface area contributed by atoms with E-state index in [1.165, 1.54) is 12.8 Å². The minimum Gasteiger partial charge on any atom is -0.342 e. The molecule has 0 radical (unpaired) electrons. The second kappa shape index (κ2) is 11.0. The van der Waals surface area contributed by atoms with E-state index in [0.29, 0.717) is 30.5 Å². The molecule has 2 heterocycles. The number of piperazine rings is 1. The van der Waals surface area contributed by atoms with Crippen LogP contribution in [0.1, 0.15) is 62.4 Å². The Labute approximate surface area is 192 Å². The Balaban J connectivity index is 1.58. The third kappa shape index (κ3) is 5.33. The van der Waals surface area contributed by atoms with Crippen molar-refractivity contribution in [2.75, 3.05) is 57.7 Å². The third-order valence-electron chi connectivity index (χ3n) is 7.12. The average molecular weight is 443 g/mol. The highest BCUT2D eigenvalue weighted by atomic mass is 16.2. The van der Waals surface area contributed by atoms with E-state index in [0.717, 1.165) is 63.4 Å². The van der Waals surface area contributed by atoms with Crippen LogP contribution in [-0.4, -0.2) is 83.4 Å². The van der Waals surface area contributed by atoms with E-state index in [1.54, 1.807) is 0 Å². The fraction of sp³-hybridized carbons (Fsp3) is 0.708. The lowest BCUT2D eigenvalue weighted by atomic mass is 10.2. The van der Waals surface area contributed by atoms with E-state index in [-0.39, 0.29) is 11.8 Å². The van der Waals surface area contributed by atoms with E-state index in [9.17, 15) is 14.9 Å². The number of rotatable bonds is 8. The van der Waals surface area contributed by atoms with Crippen molar-refractivity contribution < 1.29 is 9.59 Å². The molecule has 0 bridgehead atoms. The van der Waals surface area contributed by atoms with Gasteiger partial charge in [0.15, 0.2) is 0 Å². The first-order valence-corrected chi connectivity index (χ1v) is 12.0. The Morgan fingerprint density at radius 2 is 1.59 bits per heavy atom. The van der Waals surface area contributed by atoms with Gasteiger partial charge in [-0.25, -0.2) is 0 Å². The number of likely N-dealkylation sites (N-methyl/N-ethyl adjacent to an activating group) is 1. The maximum atomic E-state index is 12.9. The fourth-order valence-electron chi connectivity index (χ4n) is 5.05. The molecule has 0 atom stereocenters. The first kappa shape index (κ1) is 24.3. The smallest absolute Gasteiger partial charge is 0.239 e. The third-order valence-corrected chi connectivity index (χ3v) is 7.12. The summed E-state index contributed by atoms with van der Waals surface area (Å²) in [5.41, 5.74) is 2.62. The number of nitrogens with zero attached hydrogens (tertiary/aromatic N) is 5. The molecule has 0 spiro atoms. The van der Waals surface area contributed by atoms with Crippen LogP contribution >= 0.6 is 0 Å². The summed E-state index contributed by atoms with van der Waals surface area (Å²) in [7, 11) is 0. The van der Waals surface area contributed by atoms with E-state index in [4.69, 9.17) is 0 Å². The summed E-state index contributed by atoms with van der Waals surface area (Å²) in [4.78, 5) is 31.4. The highest BCUT2D eigenvalue weighted by Crippen LogP contribution is 2.37. The van der Waals surface area contributed by atoms with Gasteiger partial charge in [0.2, 0.25) is 11.8 Å². The van der Waals surface area contributed by atoms with Crippen molar-refractivity contribution in [2.45, 2.75) is 59.4 Å². The van der Waals surface area contributed by atoms with Crippen molar-refractivity contribution >= 4 is 17.6 Å². The summed E-state index contributed by atoms with van der Waals surface area (Å²) < 4.78 is 2.19. The molecule has 2 fully saturated rings. The zero-order valence-corrected chi connectivity index (χ0v) is 20.1. The monoisotopic (exact) mass is 442 g/mol. The number of nitriles is 1. The van der Waals surface area contributed by atoms with Gasteiger partial charge in [-0.2, -0.15) is 5.26 Å². The van der Waals surface area contributed by atoms with E-state index >= 15 is 0 Å². The summed E-state index contributed by atoms with van der Waals surface area (Å²) in [6, 6.07) is 2.67. The number of nitrogens with one attached hydrogen (secondary N) is 1. The largest absolute Gasteiger partial charge is 0.342 e. The van der Waals surface area contributed by atoms with E-state index in [1.807, 2.05) is 32.6 Å². The SMILES string of the molecule is CCN(CC)C(=O)CN1CCN(CC(=O)Nc2c(C#N)c(C)c(C)n2C2CCCC2)CC1. The standard InChI is InChI=1S/C24H38N6O2/c1-5-29(6-2)23(32)17-28-13-11-27(12-14-28)16-22(31)26-24-21(15-25)18(3)19(4)30(24)20-9-7-8-10-20/h20H,5-14,16-17H2,1-4H3,(H,26,31). The lowest BCUT2D eigenvalue weighted by molar-refractivity contribution is -0.132. The van der Waals surface area contributed by atoms with E-state index < -0.39 is 0 Å². The lowest BCUT2D eigenvalue weighted by Crippen LogP contribution is -2.51. The zero-order valence-electron chi connectivity index (χ0n) is 20.1. The van der Waals surface area contributed by atoms with Crippen LogP contribution in [0.4, 0.5) is 5.82 Å². The van der Waals surface area contributed by atoms with Crippen molar-refractivity contribution in [3.63, 3.8) is 0 Å². The molecule has 32 heavy (non-hydrogen) atoms. The molecule has 176 valence electrons. The molecule has 8 nitrogen and oxygen atoms in total. The molecule has 3 rings (SSSR count). The van der Waals surface area contributed by atoms with Gasteiger partial charge in [-0.05, 0) is 46.1 Å². The highest BCUT2D eigenvalue weighted by Gasteiger charge is 2.28. The van der Waals surface area contributed by atoms with Gasteiger partial charge >= 0.3 is 0 Å². The molecule has 8 heteroatoms. The number of anilines is 1. The topological polar surface area (TPSA) is 84.6 Å². The number of carbonyl (C=O) groups excluding carboxylic acids is 2. The molecular weight excluding hydrogens is 404 g/mol. The van der Waals surface area contributed by atoms with Crippen LogP contribution in [0.25, 0.3) is 0 Å². The first-order chi connectivity index (χ1) is 15.4. The maximum Gasteiger partial charge on any atom is 0.239 e. The Morgan fingerprint density at radius 1 is 1.03 bits per heavy atom. The van der Waals surface area contributed by atoms with Crippen molar-refractivity contribution in [3.8, 4) is 6.07 Å². The molecule has 1 saturated heterocycles. The molecule has 0 unspecified atom stereocenters. The van der Waals surface area contributed by atoms with Gasteiger partial charge in [-0.1, -0.05) is 12.8 Å². The number of aromatic nitrogens is 1. The molecule has 1 aromatic rings. The maximum absolute atomic E-state index is 12.9. The number of amides is 2. The minimum absolute atomic E-state index is 0.0779. The van der Waals surface area contributed by atoms with Gasteiger partial charge in [0, 0.05) is 51.0 Å². The van der Waals surface area contributed by atoms with Crippen molar-refractivity contribution in [1.82, 2.24) is 19.3 Å². The minimum atomic E-state index is -0.0779. The van der Waals surface area contributed by atoms with Crippen molar-refractivity contribution in [1.29, 1.82) is 5.26 Å². The van der Waals surface area contributed by atoms with E-state index in [2.05, 4.69) is 25.8 Å². The van der Waals surface area contributed by atoms with Gasteiger partial charge in [0.05, 0.1) is 18.7 Å².